The number of amides is 1. The molecular weight excluding hydrogens is 410 g/mol. The van der Waals surface area contributed by atoms with Crippen LogP contribution in [0.4, 0.5) is 5.82 Å². The van der Waals surface area contributed by atoms with Gasteiger partial charge in [0, 0.05) is 16.4 Å². The van der Waals surface area contributed by atoms with Crippen LogP contribution in [0.15, 0.2) is 66.7 Å². The number of ether oxygens (including phenoxy) is 1. The van der Waals surface area contributed by atoms with Crippen molar-refractivity contribution in [2.24, 2.45) is 0 Å². The Morgan fingerprint density at radius 3 is 2.65 bits per heavy atom. The van der Waals surface area contributed by atoms with E-state index in [9.17, 15) is 9.00 Å². The zero-order valence-electron chi connectivity index (χ0n) is 17.0. The second-order valence-electron chi connectivity index (χ2n) is 7.48. The lowest BCUT2D eigenvalue weighted by Gasteiger charge is -2.12. The van der Waals surface area contributed by atoms with E-state index in [1.807, 2.05) is 66.7 Å². The molecule has 0 unspecified atom stereocenters. The van der Waals surface area contributed by atoms with E-state index in [0.717, 1.165) is 39.0 Å². The number of nitrogens with zero attached hydrogens (tertiary/aromatic N) is 2. The summed E-state index contributed by atoms with van der Waals surface area (Å²) in [4.78, 5) is 13.0. The average Bonchev–Trinajstić information content (AvgIpc) is 3.31. The molecule has 0 saturated heterocycles. The fourth-order valence-corrected chi connectivity index (χ4v) is 5.23. The first-order chi connectivity index (χ1) is 15.1. The molecule has 0 fully saturated rings. The molecule has 3 aromatic carbocycles. The molecule has 1 aliphatic heterocycles. The standard InChI is InChI=1S/C24H21N3O3S/c1-30-19-11-9-18(10-12-19)27-24(21-14-31(29)15-22(21)26-27)25-23(28)13-17-7-4-6-16-5-2-3-8-20(16)17/h2-12H,13-15H2,1H3,(H,25,28)/t31-/m0/s1. The third-order valence-corrected chi connectivity index (χ3v) is 6.68. The lowest BCUT2D eigenvalue weighted by molar-refractivity contribution is -0.115. The first-order valence-electron chi connectivity index (χ1n) is 9.99. The normalized spacial score (nSPS) is 15.1. The summed E-state index contributed by atoms with van der Waals surface area (Å²) in [6.45, 7) is 0. The van der Waals surface area contributed by atoms with Crippen molar-refractivity contribution < 1.29 is 13.7 Å². The van der Waals surface area contributed by atoms with Gasteiger partial charge in [0.1, 0.15) is 11.6 Å². The van der Waals surface area contributed by atoms with E-state index in [2.05, 4.69) is 10.4 Å². The van der Waals surface area contributed by atoms with Crippen LogP contribution in [0.3, 0.4) is 0 Å². The largest absolute Gasteiger partial charge is 0.497 e. The molecule has 1 amide bonds. The Morgan fingerprint density at radius 2 is 1.84 bits per heavy atom. The second kappa shape index (κ2) is 8.00. The molecule has 156 valence electrons. The summed E-state index contributed by atoms with van der Waals surface area (Å²) >= 11 is 0. The molecule has 0 aliphatic carbocycles. The lowest BCUT2D eigenvalue weighted by atomic mass is 10.0. The number of anilines is 1. The van der Waals surface area contributed by atoms with E-state index in [0.29, 0.717) is 17.3 Å². The molecule has 31 heavy (non-hydrogen) atoms. The van der Waals surface area contributed by atoms with Crippen LogP contribution < -0.4 is 10.1 Å². The first-order valence-corrected chi connectivity index (χ1v) is 11.5. The van der Waals surface area contributed by atoms with E-state index in [1.54, 1.807) is 11.8 Å². The van der Waals surface area contributed by atoms with Gasteiger partial charge in [-0.25, -0.2) is 4.68 Å². The van der Waals surface area contributed by atoms with Crippen molar-refractivity contribution in [3.8, 4) is 11.4 Å². The predicted octanol–water partition coefficient (Wildman–Crippen LogP) is 3.98. The number of rotatable bonds is 5. The fourth-order valence-electron chi connectivity index (χ4n) is 3.96. The van der Waals surface area contributed by atoms with Crippen molar-refractivity contribution in [2.45, 2.75) is 17.9 Å². The number of methoxy groups -OCH3 is 1. The average molecular weight is 432 g/mol. The molecule has 6 nitrogen and oxygen atoms in total. The Labute approximate surface area is 182 Å². The van der Waals surface area contributed by atoms with Crippen LogP contribution >= 0.6 is 0 Å². The third-order valence-electron chi connectivity index (χ3n) is 5.48. The number of carbonyl (C=O) groups is 1. The van der Waals surface area contributed by atoms with Crippen LogP contribution in [0.25, 0.3) is 16.5 Å². The van der Waals surface area contributed by atoms with Gasteiger partial charge in [-0.2, -0.15) is 5.10 Å². The highest BCUT2D eigenvalue weighted by molar-refractivity contribution is 7.83. The third kappa shape index (κ3) is 3.72. The van der Waals surface area contributed by atoms with Crippen molar-refractivity contribution in [3.63, 3.8) is 0 Å². The number of hydrogen-bond acceptors (Lipinski definition) is 4. The minimum atomic E-state index is -0.987. The molecule has 1 atom stereocenters. The maximum absolute atomic E-state index is 13.0. The van der Waals surface area contributed by atoms with Gasteiger partial charge in [-0.3, -0.25) is 9.00 Å². The molecule has 7 heteroatoms. The van der Waals surface area contributed by atoms with Crippen LogP contribution in [0, 0.1) is 0 Å². The van der Waals surface area contributed by atoms with Crippen LogP contribution in [0.1, 0.15) is 16.8 Å². The highest BCUT2D eigenvalue weighted by atomic mass is 32.2. The molecule has 0 saturated carbocycles. The lowest BCUT2D eigenvalue weighted by Crippen LogP contribution is -2.18. The summed E-state index contributed by atoms with van der Waals surface area (Å²) in [5.74, 6) is 2.01. The van der Waals surface area contributed by atoms with Gasteiger partial charge in [-0.1, -0.05) is 42.5 Å². The van der Waals surface area contributed by atoms with Crippen molar-refractivity contribution in [3.05, 3.63) is 83.6 Å². The maximum atomic E-state index is 13.0. The Kier molecular flexibility index (Phi) is 5.03. The van der Waals surface area contributed by atoms with E-state index in [-0.39, 0.29) is 12.3 Å². The quantitative estimate of drug-likeness (QED) is 0.519. The molecule has 1 N–H and O–H groups in total. The molecule has 4 aromatic rings. The monoisotopic (exact) mass is 431 g/mol. The molecule has 5 rings (SSSR count). The van der Waals surface area contributed by atoms with E-state index in [1.165, 1.54) is 0 Å². The van der Waals surface area contributed by atoms with E-state index >= 15 is 0 Å². The maximum Gasteiger partial charge on any atom is 0.229 e. The Morgan fingerprint density at radius 1 is 1.06 bits per heavy atom. The molecular formula is C24H21N3O3S. The minimum absolute atomic E-state index is 0.133. The van der Waals surface area contributed by atoms with Gasteiger partial charge in [-0.15, -0.1) is 0 Å². The molecule has 0 radical (unpaired) electrons. The van der Waals surface area contributed by atoms with Gasteiger partial charge in [0.2, 0.25) is 5.91 Å². The Balaban J connectivity index is 1.47. The summed E-state index contributed by atoms with van der Waals surface area (Å²) in [5.41, 5.74) is 3.39. The van der Waals surface area contributed by atoms with Crippen molar-refractivity contribution in [2.75, 3.05) is 12.4 Å². The molecule has 2 heterocycles. The molecule has 1 aromatic heterocycles. The molecule has 0 spiro atoms. The number of fused-ring (bicyclic) bond motifs is 2. The topological polar surface area (TPSA) is 73.2 Å². The molecule has 0 bridgehead atoms. The van der Waals surface area contributed by atoms with Crippen molar-refractivity contribution in [1.29, 1.82) is 0 Å². The summed E-state index contributed by atoms with van der Waals surface area (Å²) in [6.07, 6.45) is 0.243. The minimum Gasteiger partial charge on any atom is -0.497 e. The van der Waals surface area contributed by atoms with Crippen LogP contribution in [0.5, 0.6) is 5.75 Å². The Hall–Kier alpha value is -3.45. The Bertz CT molecular complexity index is 1310. The van der Waals surface area contributed by atoms with E-state index in [4.69, 9.17) is 4.74 Å². The number of hydrogen-bond donors (Lipinski definition) is 1. The van der Waals surface area contributed by atoms with Gasteiger partial charge in [0.15, 0.2) is 0 Å². The van der Waals surface area contributed by atoms with Crippen LogP contribution in [-0.2, 0) is 33.5 Å². The van der Waals surface area contributed by atoms with Crippen molar-refractivity contribution in [1.82, 2.24) is 9.78 Å². The van der Waals surface area contributed by atoms with Crippen LogP contribution in [-0.4, -0.2) is 27.0 Å². The van der Waals surface area contributed by atoms with Gasteiger partial charge >= 0.3 is 0 Å². The zero-order valence-corrected chi connectivity index (χ0v) is 17.8. The summed E-state index contributed by atoms with van der Waals surface area (Å²) in [6, 6.07) is 21.5. The predicted molar refractivity (Wildman–Crippen MR) is 122 cm³/mol. The van der Waals surface area contributed by atoms with Crippen molar-refractivity contribution >= 4 is 33.3 Å². The van der Waals surface area contributed by atoms with Gasteiger partial charge < -0.3 is 10.1 Å². The number of benzene rings is 3. The summed E-state index contributed by atoms with van der Waals surface area (Å²) in [7, 11) is 0.630. The first kappa shape index (κ1) is 19.5. The second-order valence-corrected chi connectivity index (χ2v) is 8.93. The van der Waals surface area contributed by atoms with Crippen LogP contribution in [0.2, 0.25) is 0 Å². The number of carbonyl (C=O) groups excluding carboxylic acids is 1. The number of aromatic nitrogens is 2. The van der Waals surface area contributed by atoms with Gasteiger partial charge in [0.25, 0.3) is 0 Å². The van der Waals surface area contributed by atoms with Gasteiger partial charge in [0.05, 0.1) is 36.4 Å². The smallest absolute Gasteiger partial charge is 0.229 e. The highest BCUT2D eigenvalue weighted by Crippen LogP contribution is 2.32. The highest BCUT2D eigenvalue weighted by Gasteiger charge is 2.28. The van der Waals surface area contributed by atoms with E-state index < -0.39 is 10.8 Å². The zero-order chi connectivity index (χ0) is 21.4. The summed E-state index contributed by atoms with van der Waals surface area (Å²) < 4.78 is 19.1. The van der Waals surface area contributed by atoms with Gasteiger partial charge in [-0.05, 0) is 40.6 Å². The molecule has 1 aliphatic rings. The number of nitrogens with one attached hydrogen (secondary N) is 1. The summed E-state index contributed by atoms with van der Waals surface area (Å²) in [5, 5.41) is 9.86. The fraction of sp³-hybridized carbons (Fsp3) is 0.167. The SMILES string of the molecule is COc1ccc(-n2nc3c(c2NC(=O)Cc2cccc4ccccc24)C[S@](=O)C3)cc1.